The Morgan fingerprint density at radius 3 is 2.88 bits per heavy atom. The monoisotopic (exact) mass is 214 g/mol. The fourth-order valence-electron chi connectivity index (χ4n) is 1.70. The first-order valence-corrected chi connectivity index (χ1v) is 5.34. The summed E-state index contributed by atoms with van der Waals surface area (Å²) in [6, 6.07) is 8.03. The standard InChI is InChI=1S/C13H14N2O/c1-11-9-14-15(10-11)13-7-3-2-5-12(13)6-4-8-16/h2-3,5,7-10H,4,6H2,1H3. The summed E-state index contributed by atoms with van der Waals surface area (Å²) >= 11 is 0. The minimum absolute atomic E-state index is 0.553. The third-order valence-corrected chi connectivity index (χ3v) is 2.48. The number of benzene rings is 1. The van der Waals surface area contributed by atoms with Crippen molar-refractivity contribution in [1.82, 2.24) is 9.78 Å². The second-order valence-electron chi connectivity index (χ2n) is 3.80. The molecule has 0 spiro atoms. The van der Waals surface area contributed by atoms with Gasteiger partial charge in [0, 0.05) is 12.6 Å². The van der Waals surface area contributed by atoms with Gasteiger partial charge in [0.05, 0.1) is 11.9 Å². The summed E-state index contributed by atoms with van der Waals surface area (Å²) in [5.74, 6) is 0. The molecule has 0 aliphatic rings. The lowest BCUT2D eigenvalue weighted by atomic mass is 10.1. The summed E-state index contributed by atoms with van der Waals surface area (Å²) < 4.78 is 1.86. The Morgan fingerprint density at radius 2 is 2.19 bits per heavy atom. The predicted molar refractivity (Wildman–Crippen MR) is 62.7 cm³/mol. The van der Waals surface area contributed by atoms with E-state index in [1.54, 1.807) is 0 Å². The lowest BCUT2D eigenvalue weighted by molar-refractivity contribution is -0.107. The first kappa shape index (κ1) is 10.6. The van der Waals surface area contributed by atoms with Crippen LogP contribution in [0.2, 0.25) is 0 Å². The molecule has 0 aliphatic carbocycles. The molecule has 0 fully saturated rings. The molecule has 82 valence electrons. The van der Waals surface area contributed by atoms with Gasteiger partial charge in [0.15, 0.2) is 0 Å². The molecule has 0 saturated carbocycles. The molecule has 0 atom stereocenters. The quantitative estimate of drug-likeness (QED) is 0.732. The van der Waals surface area contributed by atoms with Gasteiger partial charge in [-0.1, -0.05) is 18.2 Å². The number of aryl methyl sites for hydroxylation is 2. The van der Waals surface area contributed by atoms with Crippen LogP contribution >= 0.6 is 0 Å². The van der Waals surface area contributed by atoms with Crippen molar-refractivity contribution < 1.29 is 4.79 Å². The Hall–Kier alpha value is -1.90. The van der Waals surface area contributed by atoms with Crippen molar-refractivity contribution in [3.8, 4) is 5.69 Å². The van der Waals surface area contributed by atoms with E-state index >= 15 is 0 Å². The Bertz CT molecular complexity index is 488. The molecule has 0 radical (unpaired) electrons. The topological polar surface area (TPSA) is 34.9 Å². The summed E-state index contributed by atoms with van der Waals surface area (Å²) in [4.78, 5) is 10.4. The second kappa shape index (κ2) is 4.75. The SMILES string of the molecule is Cc1cnn(-c2ccccc2CCC=O)c1. The fraction of sp³-hybridized carbons (Fsp3) is 0.231. The molecular formula is C13H14N2O. The molecule has 3 heteroatoms. The first-order chi connectivity index (χ1) is 7.81. The van der Waals surface area contributed by atoms with Crippen LogP contribution in [-0.4, -0.2) is 16.1 Å². The van der Waals surface area contributed by atoms with Gasteiger partial charge >= 0.3 is 0 Å². The molecule has 2 rings (SSSR count). The van der Waals surface area contributed by atoms with Gasteiger partial charge in [-0.05, 0) is 30.5 Å². The summed E-state index contributed by atoms with van der Waals surface area (Å²) in [7, 11) is 0. The fourth-order valence-corrected chi connectivity index (χ4v) is 1.70. The molecule has 0 unspecified atom stereocenters. The maximum atomic E-state index is 10.4. The third kappa shape index (κ3) is 2.19. The Labute approximate surface area is 94.7 Å². The van der Waals surface area contributed by atoms with Crippen molar-refractivity contribution in [1.29, 1.82) is 0 Å². The van der Waals surface area contributed by atoms with E-state index in [0.29, 0.717) is 6.42 Å². The molecule has 1 aromatic carbocycles. The van der Waals surface area contributed by atoms with Crippen molar-refractivity contribution >= 4 is 6.29 Å². The van der Waals surface area contributed by atoms with Crippen molar-refractivity contribution in [2.75, 3.05) is 0 Å². The highest BCUT2D eigenvalue weighted by atomic mass is 16.1. The number of para-hydroxylation sites is 1. The molecular weight excluding hydrogens is 200 g/mol. The van der Waals surface area contributed by atoms with Crippen LogP contribution < -0.4 is 0 Å². The number of aromatic nitrogens is 2. The molecule has 0 N–H and O–H groups in total. The van der Waals surface area contributed by atoms with E-state index < -0.39 is 0 Å². The molecule has 0 bridgehead atoms. The van der Waals surface area contributed by atoms with E-state index in [1.807, 2.05) is 48.3 Å². The average Bonchev–Trinajstić information content (AvgIpc) is 2.73. The molecule has 2 aromatic rings. The molecule has 0 aliphatic heterocycles. The van der Waals surface area contributed by atoms with Gasteiger partial charge in [-0.2, -0.15) is 5.10 Å². The van der Waals surface area contributed by atoms with Crippen LogP contribution in [-0.2, 0) is 11.2 Å². The summed E-state index contributed by atoms with van der Waals surface area (Å²) in [6.07, 6.45) is 6.08. The zero-order valence-corrected chi connectivity index (χ0v) is 9.26. The highest BCUT2D eigenvalue weighted by Crippen LogP contribution is 2.15. The van der Waals surface area contributed by atoms with Gasteiger partial charge in [0.1, 0.15) is 6.29 Å². The van der Waals surface area contributed by atoms with E-state index in [4.69, 9.17) is 0 Å². The van der Waals surface area contributed by atoms with Crippen molar-refractivity contribution in [2.45, 2.75) is 19.8 Å². The zero-order chi connectivity index (χ0) is 11.4. The molecule has 0 amide bonds. The molecule has 0 saturated heterocycles. The van der Waals surface area contributed by atoms with Crippen LogP contribution in [0.15, 0.2) is 36.7 Å². The summed E-state index contributed by atoms with van der Waals surface area (Å²) in [5.41, 5.74) is 3.33. The maximum absolute atomic E-state index is 10.4. The van der Waals surface area contributed by atoms with E-state index in [2.05, 4.69) is 5.10 Å². The number of rotatable bonds is 4. The number of hydrogen-bond acceptors (Lipinski definition) is 2. The van der Waals surface area contributed by atoms with E-state index in [9.17, 15) is 4.79 Å². The van der Waals surface area contributed by atoms with Gasteiger partial charge in [-0.25, -0.2) is 4.68 Å². The zero-order valence-electron chi connectivity index (χ0n) is 9.26. The smallest absolute Gasteiger partial charge is 0.120 e. The average molecular weight is 214 g/mol. The van der Waals surface area contributed by atoms with Crippen molar-refractivity contribution in [3.63, 3.8) is 0 Å². The van der Waals surface area contributed by atoms with Gasteiger partial charge in [0.2, 0.25) is 0 Å². The predicted octanol–water partition coefficient (Wildman–Crippen LogP) is 2.31. The lowest BCUT2D eigenvalue weighted by Crippen LogP contribution is -2.00. The normalized spacial score (nSPS) is 10.3. The van der Waals surface area contributed by atoms with Gasteiger partial charge in [0.25, 0.3) is 0 Å². The maximum Gasteiger partial charge on any atom is 0.120 e. The highest BCUT2D eigenvalue weighted by Gasteiger charge is 2.04. The summed E-state index contributed by atoms with van der Waals surface area (Å²) in [6.45, 7) is 2.01. The Kier molecular flexibility index (Phi) is 3.15. The van der Waals surface area contributed by atoms with Crippen LogP contribution in [0.1, 0.15) is 17.5 Å². The largest absolute Gasteiger partial charge is 0.303 e. The number of carbonyl (C=O) groups excluding carboxylic acids is 1. The first-order valence-electron chi connectivity index (χ1n) is 5.34. The van der Waals surface area contributed by atoms with Crippen molar-refractivity contribution in [3.05, 3.63) is 47.8 Å². The Balaban J connectivity index is 2.35. The Morgan fingerprint density at radius 1 is 1.38 bits per heavy atom. The van der Waals surface area contributed by atoms with Gasteiger partial charge < -0.3 is 4.79 Å². The minimum Gasteiger partial charge on any atom is -0.303 e. The highest BCUT2D eigenvalue weighted by molar-refractivity contribution is 5.51. The third-order valence-electron chi connectivity index (χ3n) is 2.48. The minimum atomic E-state index is 0.553. The van der Waals surface area contributed by atoms with Gasteiger partial charge in [-0.15, -0.1) is 0 Å². The van der Waals surface area contributed by atoms with Gasteiger partial charge in [-0.3, -0.25) is 0 Å². The van der Waals surface area contributed by atoms with Crippen LogP contribution in [0.3, 0.4) is 0 Å². The lowest BCUT2D eigenvalue weighted by Gasteiger charge is -2.07. The van der Waals surface area contributed by atoms with Crippen LogP contribution in [0.5, 0.6) is 0 Å². The van der Waals surface area contributed by atoms with E-state index in [0.717, 1.165) is 29.5 Å². The van der Waals surface area contributed by atoms with Crippen LogP contribution in [0.4, 0.5) is 0 Å². The van der Waals surface area contributed by atoms with Crippen molar-refractivity contribution in [2.24, 2.45) is 0 Å². The van der Waals surface area contributed by atoms with E-state index in [1.165, 1.54) is 0 Å². The van der Waals surface area contributed by atoms with E-state index in [-0.39, 0.29) is 0 Å². The number of hydrogen-bond donors (Lipinski definition) is 0. The molecule has 16 heavy (non-hydrogen) atoms. The molecule has 3 nitrogen and oxygen atoms in total. The summed E-state index contributed by atoms with van der Waals surface area (Å²) in [5, 5.41) is 4.28. The molecule has 1 heterocycles. The van der Waals surface area contributed by atoms with Crippen LogP contribution in [0, 0.1) is 6.92 Å². The van der Waals surface area contributed by atoms with Crippen LogP contribution in [0.25, 0.3) is 5.69 Å². The number of nitrogens with zero attached hydrogens (tertiary/aromatic N) is 2. The number of carbonyl (C=O) groups is 1. The number of aldehydes is 1. The second-order valence-corrected chi connectivity index (χ2v) is 3.80. The molecule has 1 aromatic heterocycles.